The molecule has 0 radical (unpaired) electrons. The maximum absolute atomic E-state index is 12.3. The summed E-state index contributed by atoms with van der Waals surface area (Å²) >= 11 is 5.89. The number of benzene rings is 1. The van der Waals surface area contributed by atoms with Crippen LogP contribution in [0, 0.1) is 10.1 Å². The van der Waals surface area contributed by atoms with Crippen molar-refractivity contribution in [3.63, 3.8) is 0 Å². The van der Waals surface area contributed by atoms with Gasteiger partial charge in [-0.25, -0.2) is 0 Å². The van der Waals surface area contributed by atoms with Gasteiger partial charge in [0.15, 0.2) is 0 Å². The molecule has 0 spiro atoms. The maximum Gasteiger partial charge on any atom is 0.311 e. The Morgan fingerprint density at radius 2 is 2.25 bits per heavy atom. The van der Waals surface area contributed by atoms with E-state index < -0.39 is 16.4 Å². The number of carbonyl (C=O) groups excluding carboxylic acids is 1. The molecular formula is C13H15ClN2O4. The number of ether oxygens (including phenoxy) is 1. The molecule has 2 rings (SSSR count). The number of halogens is 1. The van der Waals surface area contributed by atoms with Gasteiger partial charge in [0.25, 0.3) is 5.91 Å². The van der Waals surface area contributed by atoms with Crippen LogP contribution in [0.2, 0.25) is 0 Å². The lowest BCUT2D eigenvalue weighted by atomic mass is 9.78. The van der Waals surface area contributed by atoms with Crippen LogP contribution in [0.15, 0.2) is 18.2 Å². The highest BCUT2D eigenvalue weighted by molar-refractivity contribution is 6.19. The number of rotatable bonds is 5. The molecular weight excluding hydrogens is 284 g/mol. The lowest BCUT2D eigenvalue weighted by molar-refractivity contribution is -0.385. The van der Waals surface area contributed by atoms with E-state index in [9.17, 15) is 14.9 Å². The van der Waals surface area contributed by atoms with Gasteiger partial charge in [0.05, 0.1) is 23.1 Å². The number of nitrogens with zero attached hydrogens (tertiary/aromatic N) is 1. The second kappa shape index (κ2) is 5.66. The standard InChI is InChI=1S/C13H15ClN2O4/c1-20-11-9(4-2-5-10(11)16(18)19)12(17)15-13(8-14)6-3-7-13/h2,4-5H,3,6-8H2,1H3,(H,15,17). The van der Waals surface area contributed by atoms with Gasteiger partial charge in [-0.15, -0.1) is 11.6 Å². The number of para-hydroxylation sites is 1. The molecule has 1 aromatic carbocycles. The first kappa shape index (κ1) is 14.6. The Balaban J connectivity index is 2.30. The second-order valence-corrected chi connectivity index (χ2v) is 5.10. The third kappa shape index (κ3) is 2.56. The van der Waals surface area contributed by atoms with E-state index in [-0.39, 0.29) is 17.0 Å². The van der Waals surface area contributed by atoms with E-state index in [0.717, 1.165) is 19.3 Å². The van der Waals surface area contributed by atoms with E-state index in [0.29, 0.717) is 5.88 Å². The molecule has 0 aliphatic heterocycles. The smallest absolute Gasteiger partial charge is 0.311 e. The molecule has 7 heteroatoms. The predicted octanol–water partition coefficient (Wildman–Crippen LogP) is 2.49. The van der Waals surface area contributed by atoms with Gasteiger partial charge in [-0.3, -0.25) is 14.9 Å². The first-order valence-electron chi connectivity index (χ1n) is 6.23. The summed E-state index contributed by atoms with van der Waals surface area (Å²) in [6.07, 6.45) is 2.65. The zero-order valence-electron chi connectivity index (χ0n) is 11.0. The van der Waals surface area contributed by atoms with Crippen LogP contribution in [0.1, 0.15) is 29.6 Å². The summed E-state index contributed by atoms with van der Waals surface area (Å²) in [5, 5.41) is 13.8. The number of methoxy groups -OCH3 is 1. The Morgan fingerprint density at radius 3 is 2.70 bits per heavy atom. The summed E-state index contributed by atoms with van der Waals surface area (Å²) in [6, 6.07) is 4.27. The summed E-state index contributed by atoms with van der Waals surface area (Å²) in [5.41, 5.74) is -0.472. The highest BCUT2D eigenvalue weighted by atomic mass is 35.5. The van der Waals surface area contributed by atoms with Gasteiger partial charge in [-0.05, 0) is 25.3 Å². The van der Waals surface area contributed by atoms with Gasteiger partial charge in [0.1, 0.15) is 0 Å². The minimum atomic E-state index is -0.573. The fraction of sp³-hybridized carbons (Fsp3) is 0.462. The quantitative estimate of drug-likeness (QED) is 0.514. The van der Waals surface area contributed by atoms with Crippen molar-refractivity contribution in [2.45, 2.75) is 24.8 Å². The van der Waals surface area contributed by atoms with Crippen LogP contribution in [0.25, 0.3) is 0 Å². The molecule has 0 heterocycles. The number of hydrogen-bond acceptors (Lipinski definition) is 4. The van der Waals surface area contributed by atoms with Gasteiger partial charge in [0, 0.05) is 11.9 Å². The van der Waals surface area contributed by atoms with Crippen molar-refractivity contribution < 1.29 is 14.5 Å². The minimum absolute atomic E-state index is 0.0287. The summed E-state index contributed by atoms with van der Waals surface area (Å²) in [4.78, 5) is 22.7. The molecule has 108 valence electrons. The molecule has 6 nitrogen and oxygen atoms in total. The molecule has 1 fully saturated rings. The van der Waals surface area contributed by atoms with Crippen molar-refractivity contribution >= 4 is 23.2 Å². The van der Waals surface area contributed by atoms with Crippen molar-refractivity contribution in [2.75, 3.05) is 13.0 Å². The van der Waals surface area contributed by atoms with Crippen LogP contribution in [0.4, 0.5) is 5.69 Å². The highest BCUT2D eigenvalue weighted by Gasteiger charge is 2.38. The average molecular weight is 299 g/mol. The monoisotopic (exact) mass is 298 g/mol. The summed E-state index contributed by atoms with van der Waals surface area (Å²) in [7, 11) is 1.31. The molecule has 1 saturated carbocycles. The molecule has 1 aliphatic rings. The van der Waals surface area contributed by atoms with Gasteiger partial charge >= 0.3 is 5.69 Å². The van der Waals surface area contributed by atoms with Crippen LogP contribution >= 0.6 is 11.6 Å². The fourth-order valence-corrected chi connectivity index (χ4v) is 2.60. The van der Waals surface area contributed by atoms with Gasteiger partial charge in [-0.1, -0.05) is 6.07 Å². The van der Waals surface area contributed by atoms with Crippen LogP contribution in [-0.2, 0) is 0 Å². The van der Waals surface area contributed by atoms with E-state index in [2.05, 4.69) is 5.32 Å². The number of alkyl halides is 1. The van der Waals surface area contributed by atoms with E-state index in [4.69, 9.17) is 16.3 Å². The third-order valence-corrected chi connectivity index (χ3v) is 4.10. The third-order valence-electron chi connectivity index (χ3n) is 3.58. The Morgan fingerprint density at radius 1 is 1.55 bits per heavy atom. The summed E-state index contributed by atoms with van der Waals surface area (Å²) < 4.78 is 5.02. The van der Waals surface area contributed by atoms with Gasteiger partial charge in [0.2, 0.25) is 5.75 Å². The normalized spacial score (nSPS) is 16.1. The molecule has 0 bridgehead atoms. The van der Waals surface area contributed by atoms with Crippen molar-refractivity contribution in [1.29, 1.82) is 0 Å². The molecule has 0 saturated heterocycles. The summed E-state index contributed by atoms with van der Waals surface area (Å²) in [5.74, 6) is -0.0966. The average Bonchev–Trinajstić information content (AvgIpc) is 2.41. The Hall–Kier alpha value is -1.82. The van der Waals surface area contributed by atoms with Crippen molar-refractivity contribution in [3.8, 4) is 5.75 Å². The van der Waals surface area contributed by atoms with Crippen LogP contribution < -0.4 is 10.1 Å². The first-order chi connectivity index (χ1) is 9.53. The van der Waals surface area contributed by atoms with Crippen molar-refractivity contribution in [1.82, 2.24) is 5.32 Å². The fourth-order valence-electron chi connectivity index (χ4n) is 2.27. The molecule has 0 aromatic heterocycles. The zero-order valence-corrected chi connectivity index (χ0v) is 11.8. The topological polar surface area (TPSA) is 81.5 Å². The summed E-state index contributed by atoms with van der Waals surface area (Å²) in [6.45, 7) is 0. The van der Waals surface area contributed by atoms with E-state index in [1.165, 1.54) is 25.3 Å². The number of carbonyl (C=O) groups is 1. The number of nitro benzene ring substituents is 1. The SMILES string of the molecule is COc1c(C(=O)NC2(CCl)CCC2)cccc1[N+](=O)[O-]. The second-order valence-electron chi connectivity index (χ2n) is 4.84. The Kier molecular flexibility index (Phi) is 4.13. The van der Waals surface area contributed by atoms with Crippen LogP contribution in [-0.4, -0.2) is 29.4 Å². The van der Waals surface area contributed by atoms with Crippen LogP contribution in [0.3, 0.4) is 0 Å². The molecule has 1 amide bonds. The van der Waals surface area contributed by atoms with Crippen molar-refractivity contribution in [3.05, 3.63) is 33.9 Å². The molecule has 0 atom stereocenters. The highest BCUT2D eigenvalue weighted by Crippen LogP contribution is 2.35. The lowest BCUT2D eigenvalue weighted by Gasteiger charge is -2.41. The number of hydrogen-bond donors (Lipinski definition) is 1. The molecule has 1 N–H and O–H groups in total. The van der Waals surface area contributed by atoms with E-state index in [1.807, 2.05) is 0 Å². The number of amides is 1. The zero-order chi connectivity index (χ0) is 14.8. The largest absolute Gasteiger partial charge is 0.490 e. The van der Waals surface area contributed by atoms with Crippen LogP contribution in [0.5, 0.6) is 5.75 Å². The lowest BCUT2D eigenvalue weighted by Crippen LogP contribution is -2.55. The number of nitro groups is 1. The van der Waals surface area contributed by atoms with E-state index in [1.54, 1.807) is 0 Å². The van der Waals surface area contributed by atoms with Gasteiger partial charge in [-0.2, -0.15) is 0 Å². The first-order valence-corrected chi connectivity index (χ1v) is 6.76. The minimum Gasteiger partial charge on any atom is -0.490 e. The maximum atomic E-state index is 12.3. The molecule has 1 aliphatic carbocycles. The van der Waals surface area contributed by atoms with E-state index >= 15 is 0 Å². The predicted molar refractivity (Wildman–Crippen MR) is 74.4 cm³/mol. The molecule has 20 heavy (non-hydrogen) atoms. The molecule has 1 aromatic rings. The Bertz CT molecular complexity index is 538. The van der Waals surface area contributed by atoms with Crippen molar-refractivity contribution in [2.24, 2.45) is 0 Å². The molecule has 0 unspecified atom stereocenters. The number of nitrogens with one attached hydrogen (secondary N) is 1. The Labute approximate surface area is 121 Å². The van der Waals surface area contributed by atoms with Gasteiger partial charge < -0.3 is 10.1 Å².